The van der Waals surface area contributed by atoms with Crippen molar-refractivity contribution in [2.24, 2.45) is 0 Å². The molecule has 0 radical (unpaired) electrons. The molecule has 138 valence electrons. The first-order valence-electron chi connectivity index (χ1n) is 8.38. The van der Waals surface area contributed by atoms with Crippen LogP contribution in [0, 0.1) is 0 Å². The summed E-state index contributed by atoms with van der Waals surface area (Å²) in [6.07, 6.45) is 0.298. The van der Waals surface area contributed by atoms with Gasteiger partial charge in [-0.15, -0.1) is 11.3 Å². The minimum absolute atomic E-state index is 0.0591. The summed E-state index contributed by atoms with van der Waals surface area (Å²) in [5, 5.41) is 14.7. The lowest BCUT2D eigenvalue weighted by atomic mass is 10.1. The van der Waals surface area contributed by atoms with Gasteiger partial charge in [0.05, 0.1) is 5.56 Å². The molecule has 3 N–H and O–H groups in total. The third-order valence-electron chi connectivity index (χ3n) is 3.64. The minimum Gasteiger partial charge on any atom is -0.481 e. The number of nitrogens with one attached hydrogen (secondary N) is 2. The van der Waals surface area contributed by atoms with Crippen molar-refractivity contribution in [2.75, 3.05) is 10.6 Å². The molecule has 2 rings (SSSR count). The van der Waals surface area contributed by atoms with E-state index >= 15 is 0 Å². The lowest BCUT2D eigenvalue weighted by Crippen LogP contribution is -2.16. The molecule has 0 unspecified atom stereocenters. The summed E-state index contributed by atoms with van der Waals surface area (Å²) in [5.41, 5.74) is 1.09. The molecule has 6 nitrogen and oxygen atoms in total. The second-order valence-electron chi connectivity index (χ2n) is 6.16. The molecule has 2 amide bonds. The van der Waals surface area contributed by atoms with Gasteiger partial charge in [0, 0.05) is 23.4 Å². The highest BCUT2D eigenvalue weighted by Gasteiger charge is 2.19. The van der Waals surface area contributed by atoms with Crippen LogP contribution in [0.25, 0.3) is 0 Å². The molecular weight excluding hydrogens is 352 g/mol. The number of para-hydroxylation sites is 1. The largest absolute Gasteiger partial charge is 0.481 e. The van der Waals surface area contributed by atoms with Crippen molar-refractivity contribution in [2.45, 2.75) is 39.0 Å². The van der Waals surface area contributed by atoms with Crippen molar-refractivity contribution < 1.29 is 19.5 Å². The third kappa shape index (κ3) is 5.70. The summed E-state index contributed by atoms with van der Waals surface area (Å²) in [4.78, 5) is 36.2. The number of rotatable bonds is 8. The van der Waals surface area contributed by atoms with Crippen LogP contribution < -0.4 is 10.6 Å². The number of amides is 2. The van der Waals surface area contributed by atoms with Crippen LogP contribution in [0.3, 0.4) is 0 Å². The van der Waals surface area contributed by atoms with Gasteiger partial charge in [-0.25, -0.2) is 0 Å². The number of carboxylic acids is 1. The lowest BCUT2D eigenvalue weighted by molar-refractivity contribution is -0.137. The van der Waals surface area contributed by atoms with Gasteiger partial charge in [-0.1, -0.05) is 32.0 Å². The van der Waals surface area contributed by atoms with Gasteiger partial charge < -0.3 is 15.7 Å². The number of anilines is 2. The molecule has 0 saturated heterocycles. The molecule has 0 aliphatic heterocycles. The van der Waals surface area contributed by atoms with Crippen LogP contribution in [-0.2, 0) is 9.59 Å². The van der Waals surface area contributed by atoms with E-state index in [1.807, 2.05) is 32.0 Å². The second kappa shape index (κ2) is 9.15. The molecule has 1 aromatic heterocycles. The molecule has 0 fully saturated rings. The van der Waals surface area contributed by atoms with E-state index < -0.39 is 5.97 Å². The average molecular weight is 374 g/mol. The maximum Gasteiger partial charge on any atom is 0.303 e. The van der Waals surface area contributed by atoms with E-state index in [1.165, 1.54) is 11.3 Å². The van der Waals surface area contributed by atoms with E-state index in [0.717, 1.165) is 4.88 Å². The molecule has 0 saturated carbocycles. The van der Waals surface area contributed by atoms with Crippen LogP contribution >= 0.6 is 11.3 Å². The van der Waals surface area contributed by atoms with Crippen LogP contribution in [0.15, 0.2) is 36.4 Å². The number of benzene rings is 1. The highest BCUT2D eigenvalue weighted by atomic mass is 32.1. The molecule has 0 aliphatic carbocycles. The van der Waals surface area contributed by atoms with Crippen molar-refractivity contribution in [1.82, 2.24) is 0 Å². The molecule has 1 heterocycles. The van der Waals surface area contributed by atoms with Crippen LogP contribution in [-0.4, -0.2) is 22.9 Å². The van der Waals surface area contributed by atoms with Gasteiger partial charge in [0.1, 0.15) is 5.00 Å². The molecule has 7 heteroatoms. The zero-order valence-corrected chi connectivity index (χ0v) is 15.6. The predicted octanol–water partition coefficient (Wildman–Crippen LogP) is 4.32. The van der Waals surface area contributed by atoms with E-state index in [1.54, 1.807) is 18.2 Å². The molecule has 2 aromatic rings. The summed E-state index contributed by atoms with van der Waals surface area (Å²) < 4.78 is 0. The van der Waals surface area contributed by atoms with Gasteiger partial charge in [0.25, 0.3) is 5.91 Å². The molecule has 0 aliphatic rings. The van der Waals surface area contributed by atoms with Gasteiger partial charge in [0.15, 0.2) is 0 Å². The number of carboxylic acid groups (broad SMARTS) is 1. The Hall–Kier alpha value is -2.67. The monoisotopic (exact) mass is 374 g/mol. The second-order valence-corrected chi connectivity index (χ2v) is 7.25. The summed E-state index contributed by atoms with van der Waals surface area (Å²) in [7, 11) is 0. The number of thiophene rings is 1. The fourth-order valence-corrected chi connectivity index (χ4v) is 3.34. The van der Waals surface area contributed by atoms with Crippen LogP contribution in [0.1, 0.15) is 54.3 Å². The fraction of sp³-hybridized carbons (Fsp3) is 0.316. The molecular formula is C19H22N2O4S. The Bertz CT molecular complexity index is 784. The third-order valence-corrected chi connectivity index (χ3v) is 4.99. The summed E-state index contributed by atoms with van der Waals surface area (Å²) >= 11 is 1.37. The molecule has 0 bridgehead atoms. The number of carbonyl (C=O) groups excluding carboxylic acids is 2. The number of carbonyl (C=O) groups is 3. The highest BCUT2D eigenvalue weighted by molar-refractivity contribution is 7.16. The Morgan fingerprint density at radius 2 is 1.77 bits per heavy atom. The molecule has 0 atom stereocenters. The van der Waals surface area contributed by atoms with Gasteiger partial charge in [-0.2, -0.15) is 0 Å². The van der Waals surface area contributed by atoms with Crippen molar-refractivity contribution in [3.05, 3.63) is 46.8 Å². The summed E-state index contributed by atoms with van der Waals surface area (Å²) in [6.45, 7) is 4.03. The average Bonchev–Trinajstić information content (AvgIpc) is 2.99. The van der Waals surface area contributed by atoms with E-state index in [4.69, 9.17) is 5.11 Å². The normalized spacial score (nSPS) is 10.6. The van der Waals surface area contributed by atoms with Crippen molar-refractivity contribution in [1.29, 1.82) is 0 Å². The van der Waals surface area contributed by atoms with Crippen LogP contribution in [0.2, 0.25) is 0 Å². The van der Waals surface area contributed by atoms with E-state index in [9.17, 15) is 14.4 Å². The Kier molecular flexibility index (Phi) is 6.91. The van der Waals surface area contributed by atoms with Gasteiger partial charge in [-0.3, -0.25) is 14.4 Å². The van der Waals surface area contributed by atoms with Gasteiger partial charge in [0.2, 0.25) is 5.91 Å². The van der Waals surface area contributed by atoms with Crippen molar-refractivity contribution in [3.63, 3.8) is 0 Å². The van der Waals surface area contributed by atoms with Crippen LogP contribution in [0.4, 0.5) is 10.7 Å². The maximum atomic E-state index is 12.6. The predicted molar refractivity (Wildman–Crippen MR) is 103 cm³/mol. The van der Waals surface area contributed by atoms with Gasteiger partial charge >= 0.3 is 5.97 Å². The number of hydrogen-bond acceptors (Lipinski definition) is 4. The fourth-order valence-electron chi connectivity index (χ4n) is 2.27. The minimum atomic E-state index is -0.932. The topological polar surface area (TPSA) is 95.5 Å². The maximum absolute atomic E-state index is 12.6. The number of aliphatic carboxylic acids is 1. The lowest BCUT2D eigenvalue weighted by Gasteiger charge is -2.07. The van der Waals surface area contributed by atoms with Crippen LogP contribution in [0.5, 0.6) is 0 Å². The van der Waals surface area contributed by atoms with E-state index in [2.05, 4.69) is 10.6 Å². The first kappa shape index (κ1) is 19.7. The molecule has 0 spiro atoms. The summed E-state index contributed by atoms with van der Waals surface area (Å²) in [6, 6.07) is 10.9. The SMILES string of the molecule is CC(C)c1cc(C(=O)Nc2ccccc2)c(NC(=O)CCCC(=O)O)s1. The molecule has 26 heavy (non-hydrogen) atoms. The smallest absolute Gasteiger partial charge is 0.303 e. The Labute approximate surface area is 156 Å². The first-order valence-corrected chi connectivity index (χ1v) is 9.20. The number of hydrogen-bond donors (Lipinski definition) is 3. The Morgan fingerprint density at radius 3 is 2.38 bits per heavy atom. The van der Waals surface area contributed by atoms with Crippen molar-refractivity contribution >= 4 is 39.8 Å². The quantitative estimate of drug-likeness (QED) is 0.641. The highest BCUT2D eigenvalue weighted by Crippen LogP contribution is 2.33. The Balaban J connectivity index is 2.13. The zero-order valence-electron chi connectivity index (χ0n) is 14.7. The first-order chi connectivity index (χ1) is 12.4. The van der Waals surface area contributed by atoms with Gasteiger partial charge in [-0.05, 0) is 30.5 Å². The summed E-state index contributed by atoms with van der Waals surface area (Å²) in [5.74, 6) is -1.29. The van der Waals surface area contributed by atoms with Crippen molar-refractivity contribution in [3.8, 4) is 0 Å². The zero-order chi connectivity index (χ0) is 19.1. The van der Waals surface area contributed by atoms with E-state index in [0.29, 0.717) is 16.3 Å². The molecule has 1 aromatic carbocycles. The Morgan fingerprint density at radius 1 is 1.08 bits per heavy atom. The standard InChI is InChI=1S/C19H22N2O4S/c1-12(2)15-11-14(18(25)20-13-7-4-3-5-8-13)19(26-15)21-16(22)9-6-10-17(23)24/h3-5,7-8,11-12H,6,9-10H2,1-2H3,(H,20,25)(H,21,22)(H,23,24). The van der Waals surface area contributed by atoms with E-state index in [-0.39, 0.29) is 37.0 Å².